The van der Waals surface area contributed by atoms with Gasteiger partial charge in [-0.2, -0.15) is 5.10 Å². The number of aryl methyl sites for hydroxylation is 3. The maximum Gasteiger partial charge on any atom is 0.0521 e. The van der Waals surface area contributed by atoms with E-state index >= 15 is 0 Å². The fourth-order valence-electron chi connectivity index (χ4n) is 2.28. The summed E-state index contributed by atoms with van der Waals surface area (Å²) in [5.41, 5.74) is 3.97. The summed E-state index contributed by atoms with van der Waals surface area (Å²) in [5, 5.41) is 7.60. The third kappa shape index (κ3) is 3.20. The Morgan fingerprint density at radius 1 is 1.39 bits per heavy atom. The summed E-state index contributed by atoms with van der Waals surface area (Å²) < 4.78 is 1.86. The molecule has 3 heteroatoms. The van der Waals surface area contributed by atoms with Gasteiger partial charge >= 0.3 is 0 Å². The smallest absolute Gasteiger partial charge is 0.0521 e. The van der Waals surface area contributed by atoms with Crippen molar-refractivity contribution in [2.24, 2.45) is 7.05 Å². The van der Waals surface area contributed by atoms with Gasteiger partial charge in [0.15, 0.2) is 0 Å². The number of nitrogens with zero attached hydrogens (tertiary/aromatic N) is 2. The second kappa shape index (κ2) is 5.83. The SMILES string of the molecule is CNC(CCc1cnn(C)c1)c1cccc(C)c1. The van der Waals surface area contributed by atoms with Gasteiger partial charge in [0.2, 0.25) is 0 Å². The monoisotopic (exact) mass is 243 g/mol. The van der Waals surface area contributed by atoms with Crippen molar-refractivity contribution in [3.8, 4) is 0 Å². The number of aromatic nitrogens is 2. The molecule has 1 aromatic heterocycles. The van der Waals surface area contributed by atoms with Crippen LogP contribution >= 0.6 is 0 Å². The molecule has 2 aromatic rings. The number of rotatable bonds is 5. The van der Waals surface area contributed by atoms with Crippen LogP contribution in [0.4, 0.5) is 0 Å². The Hall–Kier alpha value is -1.61. The first-order valence-electron chi connectivity index (χ1n) is 6.40. The van der Waals surface area contributed by atoms with Crippen LogP contribution in [-0.4, -0.2) is 16.8 Å². The molecule has 0 aliphatic carbocycles. The van der Waals surface area contributed by atoms with Crippen molar-refractivity contribution in [2.45, 2.75) is 25.8 Å². The van der Waals surface area contributed by atoms with E-state index in [1.165, 1.54) is 16.7 Å². The lowest BCUT2D eigenvalue weighted by Crippen LogP contribution is -2.17. The number of benzene rings is 1. The summed E-state index contributed by atoms with van der Waals surface area (Å²) in [7, 11) is 3.98. The van der Waals surface area contributed by atoms with Gasteiger partial charge in [0.1, 0.15) is 0 Å². The Labute approximate surface area is 109 Å². The van der Waals surface area contributed by atoms with Crippen LogP contribution in [0.1, 0.15) is 29.2 Å². The van der Waals surface area contributed by atoms with Crippen LogP contribution in [0.15, 0.2) is 36.7 Å². The summed E-state index contributed by atoms with van der Waals surface area (Å²) >= 11 is 0. The van der Waals surface area contributed by atoms with Crippen molar-refractivity contribution in [1.29, 1.82) is 0 Å². The molecule has 1 atom stereocenters. The van der Waals surface area contributed by atoms with E-state index in [9.17, 15) is 0 Å². The zero-order valence-electron chi connectivity index (χ0n) is 11.4. The molecular formula is C15H21N3. The fourth-order valence-corrected chi connectivity index (χ4v) is 2.28. The van der Waals surface area contributed by atoms with E-state index in [-0.39, 0.29) is 0 Å². The molecule has 0 radical (unpaired) electrons. The van der Waals surface area contributed by atoms with Gasteiger partial charge in [0.25, 0.3) is 0 Å². The van der Waals surface area contributed by atoms with Crippen LogP contribution in [0.25, 0.3) is 0 Å². The van der Waals surface area contributed by atoms with Gasteiger partial charge in [0.05, 0.1) is 6.20 Å². The van der Waals surface area contributed by atoms with E-state index in [0.29, 0.717) is 6.04 Å². The second-order valence-corrected chi connectivity index (χ2v) is 4.82. The van der Waals surface area contributed by atoms with Gasteiger partial charge in [0, 0.05) is 19.3 Å². The maximum absolute atomic E-state index is 4.20. The maximum atomic E-state index is 4.20. The Balaban J connectivity index is 2.01. The van der Waals surface area contributed by atoms with Gasteiger partial charge in [-0.1, -0.05) is 29.8 Å². The lowest BCUT2D eigenvalue weighted by molar-refractivity contribution is 0.549. The van der Waals surface area contributed by atoms with Crippen molar-refractivity contribution >= 4 is 0 Å². The zero-order chi connectivity index (χ0) is 13.0. The van der Waals surface area contributed by atoms with Crippen LogP contribution in [0.3, 0.4) is 0 Å². The molecule has 0 bridgehead atoms. The molecule has 0 spiro atoms. The Morgan fingerprint density at radius 2 is 2.22 bits per heavy atom. The van der Waals surface area contributed by atoms with Crippen molar-refractivity contribution in [2.75, 3.05) is 7.05 Å². The molecule has 3 nitrogen and oxygen atoms in total. The minimum Gasteiger partial charge on any atom is -0.313 e. The molecule has 2 rings (SSSR count). The summed E-state index contributed by atoms with van der Waals surface area (Å²) in [6, 6.07) is 9.11. The summed E-state index contributed by atoms with van der Waals surface area (Å²) in [6.07, 6.45) is 6.17. The largest absolute Gasteiger partial charge is 0.313 e. The third-order valence-electron chi connectivity index (χ3n) is 3.27. The van der Waals surface area contributed by atoms with Gasteiger partial charge in [-0.3, -0.25) is 4.68 Å². The average molecular weight is 243 g/mol. The van der Waals surface area contributed by atoms with E-state index in [1.54, 1.807) is 0 Å². The standard InChI is InChI=1S/C15H21N3/c1-12-5-4-6-14(9-12)15(16-2)8-7-13-10-17-18(3)11-13/h4-6,9-11,15-16H,7-8H2,1-3H3. The lowest BCUT2D eigenvalue weighted by Gasteiger charge is -2.16. The highest BCUT2D eigenvalue weighted by Crippen LogP contribution is 2.19. The first-order chi connectivity index (χ1) is 8.69. The minimum absolute atomic E-state index is 0.408. The van der Waals surface area contributed by atoms with Crippen LogP contribution < -0.4 is 5.32 Å². The first-order valence-corrected chi connectivity index (χ1v) is 6.40. The van der Waals surface area contributed by atoms with Gasteiger partial charge in [-0.15, -0.1) is 0 Å². The molecule has 0 amide bonds. The Morgan fingerprint density at radius 3 is 2.83 bits per heavy atom. The number of nitrogens with one attached hydrogen (secondary N) is 1. The average Bonchev–Trinajstić information content (AvgIpc) is 2.76. The third-order valence-corrected chi connectivity index (χ3v) is 3.27. The topological polar surface area (TPSA) is 29.9 Å². The number of hydrogen-bond donors (Lipinski definition) is 1. The van der Waals surface area contributed by atoms with Crippen LogP contribution in [-0.2, 0) is 13.5 Å². The second-order valence-electron chi connectivity index (χ2n) is 4.82. The molecule has 1 unspecified atom stereocenters. The lowest BCUT2D eigenvalue weighted by atomic mass is 9.99. The fraction of sp³-hybridized carbons (Fsp3) is 0.400. The van der Waals surface area contributed by atoms with Crippen molar-refractivity contribution in [3.05, 3.63) is 53.3 Å². The summed E-state index contributed by atoms with van der Waals surface area (Å²) in [5.74, 6) is 0. The van der Waals surface area contributed by atoms with E-state index in [2.05, 4.69) is 47.8 Å². The molecule has 1 heterocycles. The van der Waals surface area contributed by atoms with Gasteiger partial charge < -0.3 is 5.32 Å². The zero-order valence-corrected chi connectivity index (χ0v) is 11.4. The van der Waals surface area contributed by atoms with Crippen molar-refractivity contribution < 1.29 is 0 Å². The molecular weight excluding hydrogens is 222 g/mol. The minimum atomic E-state index is 0.408. The molecule has 0 saturated heterocycles. The molecule has 1 aromatic carbocycles. The quantitative estimate of drug-likeness (QED) is 0.875. The highest BCUT2D eigenvalue weighted by molar-refractivity contribution is 5.25. The Bertz CT molecular complexity index is 502. The van der Waals surface area contributed by atoms with Gasteiger partial charge in [-0.25, -0.2) is 0 Å². The summed E-state index contributed by atoms with van der Waals surface area (Å²) in [6.45, 7) is 2.14. The number of hydrogen-bond acceptors (Lipinski definition) is 2. The predicted octanol–water partition coefficient (Wildman–Crippen LogP) is 2.62. The Kier molecular flexibility index (Phi) is 4.15. The van der Waals surface area contributed by atoms with Crippen LogP contribution in [0.5, 0.6) is 0 Å². The molecule has 0 fully saturated rings. The molecule has 18 heavy (non-hydrogen) atoms. The van der Waals surface area contributed by atoms with Crippen LogP contribution in [0, 0.1) is 6.92 Å². The van der Waals surface area contributed by atoms with E-state index < -0.39 is 0 Å². The molecule has 0 aliphatic heterocycles. The van der Waals surface area contributed by atoms with Gasteiger partial charge in [-0.05, 0) is 37.9 Å². The predicted molar refractivity (Wildman–Crippen MR) is 74.5 cm³/mol. The highest BCUT2D eigenvalue weighted by atomic mass is 15.2. The highest BCUT2D eigenvalue weighted by Gasteiger charge is 2.09. The summed E-state index contributed by atoms with van der Waals surface area (Å²) in [4.78, 5) is 0. The molecule has 0 saturated carbocycles. The molecule has 0 aliphatic rings. The molecule has 96 valence electrons. The normalized spacial score (nSPS) is 12.6. The van der Waals surface area contributed by atoms with E-state index in [1.807, 2.05) is 25.0 Å². The molecule has 1 N–H and O–H groups in total. The van der Waals surface area contributed by atoms with Crippen molar-refractivity contribution in [3.63, 3.8) is 0 Å². The van der Waals surface area contributed by atoms with E-state index in [0.717, 1.165) is 12.8 Å². The van der Waals surface area contributed by atoms with E-state index in [4.69, 9.17) is 0 Å². The van der Waals surface area contributed by atoms with Crippen molar-refractivity contribution in [1.82, 2.24) is 15.1 Å². The van der Waals surface area contributed by atoms with Crippen LogP contribution in [0.2, 0.25) is 0 Å². The first kappa shape index (κ1) is 12.8.